The van der Waals surface area contributed by atoms with Crippen LogP contribution in [-0.4, -0.2) is 33.7 Å². The molecule has 1 saturated carbocycles. The van der Waals surface area contributed by atoms with Gasteiger partial charge in [0, 0.05) is 24.3 Å². The van der Waals surface area contributed by atoms with E-state index in [2.05, 4.69) is 12.0 Å². The Morgan fingerprint density at radius 3 is 2.86 bits per heavy atom. The Balaban J connectivity index is 1.70. The zero-order chi connectivity index (χ0) is 15.7. The van der Waals surface area contributed by atoms with Gasteiger partial charge in [0.25, 0.3) is 5.91 Å². The topological polar surface area (TPSA) is 38.1 Å². The van der Waals surface area contributed by atoms with E-state index in [1.165, 1.54) is 12.8 Å². The van der Waals surface area contributed by atoms with Crippen molar-refractivity contribution in [2.24, 2.45) is 5.92 Å². The van der Waals surface area contributed by atoms with Crippen molar-refractivity contribution in [3.63, 3.8) is 0 Å². The van der Waals surface area contributed by atoms with Crippen LogP contribution in [0.1, 0.15) is 35.7 Å². The van der Waals surface area contributed by atoms with Gasteiger partial charge in [0.2, 0.25) is 0 Å². The zero-order valence-corrected chi connectivity index (χ0v) is 13.6. The van der Waals surface area contributed by atoms with Crippen LogP contribution in [0.3, 0.4) is 0 Å². The Morgan fingerprint density at radius 1 is 1.45 bits per heavy atom. The fourth-order valence-corrected chi connectivity index (χ4v) is 2.84. The molecule has 1 amide bonds. The van der Waals surface area contributed by atoms with Crippen LogP contribution < -0.4 is 0 Å². The Labute approximate surface area is 135 Å². The van der Waals surface area contributed by atoms with Gasteiger partial charge in [-0.1, -0.05) is 29.8 Å². The predicted molar refractivity (Wildman–Crippen MR) is 87.1 cm³/mol. The lowest BCUT2D eigenvalue weighted by molar-refractivity contribution is 0.0727. The molecule has 1 aliphatic rings. The van der Waals surface area contributed by atoms with Gasteiger partial charge >= 0.3 is 0 Å². The average molecular weight is 318 g/mol. The number of aromatic nitrogens is 2. The van der Waals surface area contributed by atoms with Gasteiger partial charge in [0.15, 0.2) is 0 Å². The van der Waals surface area contributed by atoms with Crippen molar-refractivity contribution in [1.82, 2.24) is 14.7 Å². The summed E-state index contributed by atoms with van der Waals surface area (Å²) in [6.45, 7) is 2.68. The Kier molecular flexibility index (Phi) is 4.21. The number of halogens is 1. The van der Waals surface area contributed by atoms with Gasteiger partial charge in [0.1, 0.15) is 0 Å². The summed E-state index contributed by atoms with van der Waals surface area (Å²) >= 11 is 6.16. The van der Waals surface area contributed by atoms with E-state index < -0.39 is 0 Å². The standard InChI is InChI=1S/C17H20ClN3O/c1-12(13-7-8-13)20(2)17(22)15-9-19-21(11-15)10-14-5-3-4-6-16(14)18/h3-6,9,11-13H,7-8,10H2,1-2H3. The fraction of sp³-hybridized carbons (Fsp3) is 0.412. The van der Waals surface area contributed by atoms with Gasteiger partial charge in [-0.2, -0.15) is 5.10 Å². The minimum atomic E-state index is 0.0322. The van der Waals surface area contributed by atoms with Gasteiger partial charge in [-0.05, 0) is 37.3 Å². The number of amides is 1. The van der Waals surface area contributed by atoms with Crippen LogP contribution in [0.25, 0.3) is 0 Å². The van der Waals surface area contributed by atoms with E-state index in [-0.39, 0.29) is 5.91 Å². The monoisotopic (exact) mass is 317 g/mol. The first-order valence-electron chi connectivity index (χ1n) is 7.59. The third kappa shape index (κ3) is 3.17. The second-order valence-corrected chi connectivity index (χ2v) is 6.42. The van der Waals surface area contributed by atoms with E-state index in [1.807, 2.05) is 36.2 Å². The zero-order valence-electron chi connectivity index (χ0n) is 12.9. The molecule has 116 valence electrons. The third-order valence-electron chi connectivity index (χ3n) is 4.41. The molecule has 1 aromatic carbocycles. The van der Waals surface area contributed by atoms with Crippen LogP contribution in [0.4, 0.5) is 0 Å². The van der Waals surface area contributed by atoms with Crippen molar-refractivity contribution in [1.29, 1.82) is 0 Å². The first kappa shape index (κ1) is 15.1. The fourth-order valence-electron chi connectivity index (χ4n) is 2.65. The van der Waals surface area contributed by atoms with Crippen molar-refractivity contribution in [2.45, 2.75) is 32.4 Å². The lowest BCUT2D eigenvalue weighted by Crippen LogP contribution is -2.36. The molecule has 1 aromatic heterocycles. The molecule has 0 N–H and O–H groups in total. The molecule has 3 rings (SSSR count). The maximum Gasteiger partial charge on any atom is 0.257 e. The van der Waals surface area contributed by atoms with Gasteiger partial charge in [0.05, 0.1) is 18.3 Å². The SMILES string of the molecule is CC(C1CC1)N(C)C(=O)c1cnn(Cc2ccccc2Cl)c1. The van der Waals surface area contributed by atoms with Gasteiger partial charge in [-0.15, -0.1) is 0 Å². The van der Waals surface area contributed by atoms with E-state index in [0.717, 1.165) is 5.56 Å². The maximum atomic E-state index is 12.5. The second kappa shape index (κ2) is 6.13. The van der Waals surface area contributed by atoms with E-state index in [9.17, 15) is 4.79 Å². The molecule has 0 saturated heterocycles. The highest BCUT2D eigenvalue weighted by Gasteiger charge is 2.32. The smallest absolute Gasteiger partial charge is 0.257 e. The van der Waals surface area contributed by atoms with Crippen molar-refractivity contribution >= 4 is 17.5 Å². The lowest BCUT2D eigenvalue weighted by atomic mass is 10.1. The number of carbonyl (C=O) groups is 1. The van der Waals surface area contributed by atoms with Crippen LogP contribution in [-0.2, 0) is 6.54 Å². The molecular formula is C17H20ClN3O. The number of carbonyl (C=O) groups excluding carboxylic acids is 1. The Bertz CT molecular complexity index is 678. The first-order valence-corrected chi connectivity index (χ1v) is 7.97. The minimum Gasteiger partial charge on any atom is -0.339 e. The molecule has 1 heterocycles. The quantitative estimate of drug-likeness (QED) is 0.847. The largest absolute Gasteiger partial charge is 0.339 e. The van der Waals surface area contributed by atoms with Gasteiger partial charge < -0.3 is 4.90 Å². The van der Waals surface area contributed by atoms with Crippen molar-refractivity contribution in [2.75, 3.05) is 7.05 Å². The highest BCUT2D eigenvalue weighted by Crippen LogP contribution is 2.35. The predicted octanol–water partition coefficient (Wildman–Crippen LogP) is 3.46. The van der Waals surface area contributed by atoms with Gasteiger partial charge in [-0.25, -0.2) is 0 Å². The van der Waals surface area contributed by atoms with E-state index in [1.54, 1.807) is 17.1 Å². The molecule has 4 nitrogen and oxygen atoms in total. The molecule has 1 fully saturated rings. The van der Waals surface area contributed by atoms with E-state index in [0.29, 0.717) is 29.1 Å². The molecule has 2 aromatic rings. The second-order valence-electron chi connectivity index (χ2n) is 6.01. The van der Waals surface area contributed by atoms with E-state index >= 15 is 0 Å². The summed E-state index contributed by atoms with van der Waals surface area (Å²) in [4.78, 5) is 14.3. The highest BCUT2D eigenvalue weighted by molar-refractivity contribution is 6.31. The summed E-state index contributed by atoms with van der Waals surface area (Å²) in [5.41, 5.74) is 1.62. The number of hydrogen-bond acceptors (Lipinski definition) is 2. The lowest BCUT2D eigenvalue weighted by Gasteiger charge is -2.24. The minimum absolute atomic E-state index is 0.0322. The summed E-state index contributed by atoms with van der Waals surface area (Å²) in [7, 11) is 1.87. The highest BCUT2D eigenvalue weighted by atomic mass is 35.5. The van der Waals surface area contributed by atoms with Crippen LogP contribution in [0.2, 0.25) is 5.02 Å². The van der Waals surface area contributed by atoms with Crippen LogP contribution in [0.5, 0.6) is 0 Å². The first-order chi connectivity index (χ1) is 10.6. The summed E-state index contributed by atoms with van der Waals surface area (Å²) in [5.74, 6) is 0.692. The molecule has 0 spiro atoms. The molecule has 0 aliphatic heterocycles. The van der Waals surface area contributed by atoms with Crippen LogP contribution in [0, 0.1) is 5.92 Å². The molecule has 1 aliphatic carbocycles. The summed E-state index contributed by atoms with van der Waals surface area (Å²) in [6.07, 6.45) is 5.88. The summed E-state index contributed by atoms with van der Waals surface area (Å²) in [6, 6.07) is 7.96. The molecule has 1 unspecified atom stereocenters. The van der Waals surface area contributed by atoms with Crippen molar-refractivity contribution in [3.8, 4) is 0 Å². The van der Waals surface area contributed by atoms with Crippen molar-refractivity contribution < 1.29 is 4.79 Å². The number of benzene rings is 1. The molecular weight excluding hydrogens is 298 g/mol. The van der Waals surface area contributed by atoms with E-state index in [4.69, 9.17) is 11.6 Å². The summed E-state index contributed by atoms with van der Waals surface area (Å²) < 4.78 is 1.75. The number of rotatable bonds is 5. The van der Waals surface area contributed by atoms with Gasteiger partial charge in [-0.3, -0.25) is 9.48 Å². The van der Waals surface area contributed by atoms with Crippen molar-refractivity contribution in [3.05, 3.63) is 52.8 Å². The van der Waals surface area contributed by atoms with Crippen LogP contribution >= 0.6 is 11.6 Å². The molecule has 0 radical (unpaired) electrons. The normalized spacial score (nSPS) is 15.6. The number of hydrogen-bond donors (Lipinski definition) is 0. The third-order valence-corrected chi connectivity index (χ3v) is 4.77. The molecule has 22 heavy (non-hydrogen) atoms. The number of nitrogens with zero attached hydrogens (tertiary/aromatic N) is 3. The summed E-state index contributed by atoms with van der Waals surface area (Å²) in [5, 5.41) is 5.00. The Morgan fingerprint density at radius 2 is 2.18 bits per heavy atom. The molecule has 5 heteroatoms. The van der Waals surface area contributed by atoms with Crippen LogP contribution in [0.15, 0.2) is 36.7 Å². The average Bonchev–Trinajstić information content (AvgIpc) is 3.27. The molecule has 0 bridgehead atoms. The Hall–Kier alpha value is -1.81. The maximum absolute atomic E-state index is 12.5. The molecule has 1 atom stereocenters.